The van der Waals surface area contributed by atoms with Crippen LogP contribution in [0.1, 0.15) is 5.69 Å². The first kappa shape index (κ1) is 15.1. The fourth-order valence-corrected chi connectivity index (χ4v) is 3.21. The molecule has 0 aliphatic rings. The van der Waals surface area contributed by atoms with Crippen molar-refractivity contribution in [3.63, 3.8) is 0 Å². The Balaban J connectivity index is 2.82. The molecule has 1 aromatic heterocycles. The van der Waals surface area contributed by atoms with Gasteiger partial charge in [-0.1, -0.05) is 0 Å². The van der Waals surface area contributed by atoms with Gasteiger partial charge in [-0.3, -0.25) is 0 Å². The molecule has 0 spiro atoms. The summed E-state index contributed by atoms with van der Waals surface area (Å²) >= 11 is 0.960. The molecule has 0 fully saturated rings. The van der Waals surface area contributed by atoms with Gasteiger partial charge in [-0.25, -0.2) is 13.4 Å². The summed E-state index contributed by atoms with van der Waals surface area (Å²) in [6, 6.07) is 0.822. The summed E-state index contributed by atoms with van der Waals surface area (Å²) in [5, 5.41) is 0. The Bertz CT molecular complexity index is 529. The normalized spacial score (nSPS) is 12.7. The highest BCUT2D eigenvalue weighted by atomic mass is 32.2. The van der Waals surface area contributed by atoms with Crippen molar-refractivity contribution in [1.82, 2.24) is 4.98 Å². The molecule has 0 radical (unpaired) electrons. The fourth-order valence-electron chi connectivity index (χ4n) is 1.03. The van der Waals surface area contributed by atoms with Crippen LogP contribution in [0.15, 0.2) is 17.2 Å². The number of nitrogens with zero attached hydrogens (tertiary/aromatic N) is 1. The van der Waals surface area contributed by atoms with Crippen LogP contribution < -0.4 is 5.73 Å². The Labute approximate surface area is 107 Å². The summed E-state index contributed by atoms with van der Waals surface area (Å²) in [6.07, 6.45) is -2.56. The van der Waals surface area contributed by atoms with Crippen LogP contribution in [0.25, 0.3) is 0 Å². The molecule has 0 amide bonds. The highest BCUT2D eigenvalue weighted by Gasteiger charge is 2.32. The number of pyridine rings is 1. The van der Waals surface area contributed by atoms with Gasteiger partial charge < -0.3 is 5.73 Å². The van der Waals surface area contributed by atoms with E-state index in [1.165, 1.54) is 0 Å². The van der Waals surface area contributed by atoms with Crippen LogP contribution in [0.5, 0.6) is 0 Å². The molecule has 1 aromatic rings. The van der Waals surface area contributed by atoms with E-state index < -0.39 is 21.7 Å². The standard InChI is InChI=1S/C9H11F3N2O2S2/c1-18(15,16)3-2-17-7-4-8(9(10,11)12)14-5-6(7)13/h4-5H,2-3,13H2,1H3. The van der Waals surface area contributed by atoms with E-state index in [1.807, 2.05) is 0 Å². The first-order valence-corrected chi connectivity index (χ1v) is 7.77. The SMILES string of the molecule is CS(=O)(=O)CCSc1cc(C(F)(F)F)ncc1N. The summed E-state index contributed by atoms with van der Waals surface area (Å²) < 4.78 is 59.0. The predicted molar refractivity (Wildman–Crippen MR) is 64.1 cm³/mol. The molecule has 0 atom stereocenters. The van der Waals surface area contributed by atoms with E-state index in [-0.39, 0.29) is 22.1 Å². The number of rotatable bonds is 4. The predicted octanol–water partition coefficient (Wildman–Crippen LogP) is 1.82. The van der Waals surface area contributed by atoms with Gasteiger partial charge in [-0.05, 0) is 6.07 Å². The molecule has 0 saturated carbocycles. The number of hydrogen-bond acceptors (Lipinski definition) is 5. The van der Waals surface area contributed by atoms with Crippen LogP contribution >= 0.6 is 11.8 Å². The Kier molecular flexibility index (Phi) is 4.49. The number of halogens is 3. The maximum absolute atomic E-state index is 12.4. The molecular weight excluding hydrogens is 289 g/mol. The van der Waals surface area contributed by atoms with Crippen LogP contribution in [-0.2, 0) is 16.0 Å². The zero-order valence-electron chi connectivity index (χ0n) is 9.36. The highest BCUT2D eigenvalue weighted by Crippen LogP contribution is 2.32. The van der Waals surface area contributed by atoms with Crippen LogP contribution in [0.4, 0.5) is 18.9 Å². The maximum Gasteiger partial charge on any atom is 0.433 e. The minimum atomic E-state index is -4.54. The van der Waals surface area contributed by atoms with E-state index in [0.29, 0.717) is 0 Å². The van der Waals surface area contributed by atoms with Crippen molar-refractivity contribution in [2.24, 2.45) is 0 Å². The third-order valence-electron chi connectivity index (χ3n) is 1.90. The van der Waals surface area contributed by atoms with E-state index >= 15 is 0 Å². The van der Waals surface area contributed by atoms with Gasteiger partial charge in [0.05, 0.1) is 17.6 Å². The van der Waals surface area contributed by atoms with Crippen LogP contribution in [0, 0.1) is 0 Å². The lowest BCUT2D eigenvalue weighted by atomic mass is 10.3. The molecule has 0 bridgehead atoms. The van der Waals surface area contributed by atoms with Crippen LogP contribution in [0.3, 0.4) is 0 Å². The zero-order chi connectivity index (χ0) is 14.0. The van der Waals surface area contributed by atoms with Crippen molar-refractivity contribution in [2.75, 3.05) is 23.5 Å². The maximum atomic E-state index is 12.4. The molecule has 0 aliphatic carbocycles. The smallest absolute Gasteiger partial charge is 0.397 e. The molecule has 0 aromatic carbocycles. The van der Waals surface area contributed by atoms with Crippen molar-refractivity contribution in [2.45, 2.75) is 11.1 Å². The van der Waals surface area contributed by atoms with Gasteiger partial charge in [0, 0.05) is 16.9 Å². The highest BCUT2D eigenvalue weighted by molar-refractivity contribution is 8.00. The number of sulfone groups is 1. The van der Waals surface area contributed by atoms with Crippen LogP contribution in [0.2, 0.25) is 0 Å². The second-order valence-corrected chi connectivity index (χ2v) is 6.98. The lowest BCUT2D eigenvalue weighted by Gasteiger charge is -2.09. The van der Waals surface area contributed by atoms with Crippen molar-refractivity contribution in [3.05, 3.63) is 18.0 Å². The van der Waals surface area contributed by atoms with Gasteiger partial charge >= 0.3 is 6.18 Å². The molecule has 0 saturated heterocycles. The van der Waals surface area contributed by atoms with Gasteiger partial charge in [0.1, 0.15) is 15.5 Å². The third kappa shape index (κ3) is 4.73. The van der Waals surface area contributed by atoms with E-state index in [2.05, 4.69) is 4.98 Å². The Morgan fingerprint density at radius 2 is 2.06 bits per heavy atom. The number of nitrogens with two attached hydrogens (primary N) is 1. The molecule has 2 N–H and O–H groups in total. The molecule has 9 heteroatoms. The van der Waals surface area contributed by atoms with Crippen molar-refractivity contribution >= 4 is 27.3 Å². The zero-order valence-corrected chi connectivity index (χ0v) is 11.0. The molecule has 18 heavy (non-hydrogen) atoms. The lowest BCUT2D eigenvalue weighted by Crippen LogP contribution is -2.09. The van der Waals surface area contributed by atoms with Gasteiger partial charge in [-0.15, -0.1) is 11.8 Å². The average Bonchev–Trinajstić information content (AvgIpc) is 2.17. The Morgan fingerprint density at radius 1 is 1.44 bits per heavy atom. The van der Waals surface area contributed by atoms with E-state index in [4.69, 9.17) is 5.73 Å². The van der Waals surface area contributed by atoms with Crippen molar-refractivity contribution in [1.29, 1.82) is 0 Å². The molecule has 1 rings (SSSR count). The second kappa shape index (κ2) is 5.35. The number of thioether (sulfide) groups is 1. The summed E-state index contributed by atoms with van der Waals surface area (Å²) in [7, 11) is -3.15. The number of hydrogen-bond donors (Lipinski definition) is 1. The van der Waals surface area contributed by atoms with Crippen molar-refractivity contribution < 1.29 is 21.6 Å². The van der Waals surface area contributed by atoms with Gasteiger partial charge in [0.15, 0.2) is 0 Å². The largest absolute Gasteiger partial charge is 0.433 e. The van der Waals surface area contributed by atoms with Gasteiger partial charge in [0.2, 0.25) is 0 Å². The topological polar surface area (TPSA) is 73.0 Å². The molecule has 102 valence electrons. The molecule has 4 nitrogen and oxygen atoms in total. The van der Waals surface area contributed by atoms with Gasteiger partial charge in [0.25, 0.3) is 0 Å². The summed E-state index contributed by atoms with van der Waals surface area (Å²) in [5.41, 5.74) is 4.54. The van der Waals surface area contributed by atoms with E-state index in [1.54, 1.807) is 0 Å². The summed E-state index contributed by atoms with van der Waals surface area (Å²) in [5.74, 6) is 0.0190. The molecule has 0 aliphatic heterocycles. The quantitative estimate of drug-likeness (QED) is 0.859. The minimum absolute atomic E-state index is 0.0986. The third-order valence-corrected chi connectivity index (χ3v) is 4.17. The Morgan fingerprint density at radius 3 is 2.56 bits per heavy atom. The van der Waals surface area contributed by atoms with Crippen LogP contribution in [-0.4, -0.2) is 31.2 Å². The van der Waals surface area contributed by atoms with E-state index in [9.17, 15) is 21.6 Å². The number of anilines is 1. The number of nitrogen functional groups attached to an aromatic ring is 1. The molecule has 0 unspecified atom stereocenters. The minimum Gasteiger partial charge on any atom is -0.397 e. The summed E-state index contributed by atoms with van der Waals surface area (Å²) in [4.78, 5) is 3.37. The fraction of sp³-hybridized carbons (Fsp3) is 0.444. The average molecular weight is 300 g/mol. The van der Waals surface area contributed by atoms with E-state index in [0.717, 1.165) is 30.3 Å². The number of aromatic nitrogens is 1. The second-order valence-electron chi connectivity index (χ2n) is 3.58. The monoisotopic (exact) mass is 300 g/mol. The molecular formula is C9H11F3N2O2S2. The first-order chi connectivity index (χ1) is 8.09. The number of alkyl halides is 3. The molecule has 1 heterocycles. The van der Waals surface area contributed by atoms with Crippen molar-refractivity contribution in [3.8, 4) is 0 Å². The summed E-state index contributed by atoms with van der Waals surface area (Å²) in [6.45, 7) is 0. The lowest BCUT2D eigenvalue weighted by molar-refractivity contribution is -0.141. The first-order valence-electron chi connectivity index (χ1n) is 4.73. The van der Waals surface area contributed by atoms with Gasteiger partial charge in [-0.2, -0.15) is 13.2 Å². The Hall–Kier alpha value is -0.960.